The lowest BCUT2D eigenvalue weighted by molar-refractivity contribution is -0.0505. The molecule has 206 valence electrons. The number of fused-ring (bicyclic) bond motifs is 9. The van der Waals surface area contributed by atoms with Gasteiger partial charge in [-0.1, -0.05) is 13.0 Å². The highest BCUT2D eigenvalue weighted by Crippen LogP contribution is 2.53. The maximum atomic E-state index is 13.3. The zero-order valence-corrected chi connectivity index (χ0v) is 21.9. The number of ether oxygens (including phenoxy) is 1. The van der Waals surface area contributed by atoms with E-state index in [1.54, 1.807) is 53.3 Å². The summed E-state index contributed by atoms with van der Waals surface area (Å²) in [6, 6.07) is 6.13. The van der Waals surface area contributed by atoms with Gasteiger partial charge in [0, 0.05) is 60.4 Å². The first-order valence-electron chi connectivity index (χ1n) is 13.1. The zero-order valence-electron chi connectivity index (χ0n) is 21.9. The Morgan fingerprint density at radius 3 is 2.65 bits per heavy atom. The van der Waals surface area contributed by atoms with Gasteiger partial charge in [0.1, 0.15) is 11.6 Å². The number of benzene rings is 1. The molecule has 2 aliphatic carbocycles. The highest BCUT2D eigenvalue weighted by atomic mass is 19.3. The van der Waals surface area contributed by atoms with E-state index in [0.717, 1.165) is 5.56 Å². The molecule has 3 aliphatic rings. The summed E-state index contributed by atoms with van der Waals surface area (Å²) in [7, 11) is 1.70. The van der Waals surface area contributed by atoms with Crippen molar-refractivity contribution in [2.45, 2.75) is 50.3 Å². The highest BCUT2D eigenvalue weighted by Gasteiger charge is 2.52. The van der Waals surface area contributed by atoms with E-state index < -0.39 is 18.1 Å². The largest absolute Gasteiger partial charge is 0.434 e. The maximum absolute atomic E-state index is 13.3. The Balaban J connectivity index is 1.30. The van der Waals surface area contributed by atoms with Gasteiger partial charge >= 0.3 is 6.61 Å². The molecule has 1 aliphatic heterocycles. The number of aliphatic hydroxyl groups is 1. The number of aromatic nitrogens is 5. The predicted molar refractivity (Wildman–Crippen MR) is 139 cm³/mol. The van der Waals surface area contributed by atoms with Crippen LogP contribution in [0.3, 0.4) is 0 Å². The number of nitrogens with zero attached hydrogens (tertiary/aromatic N) is 6. The topological polar surface area (TPSA) is 132 Å². The summed E-state index contributed by atoms with van der Waals surface area (Å²) >= 11 is 0. The van der Waals surface area contributed by atoms with Crippen molar-refractivity contribution in [1.29, 1.82) is 0 Å². The molecule has 2 bridgehead atoms. The van der Waals surface area contributed by atoms with Gasteiger partial charge in [-0.05, 0) is 42.9 Å². The quantitative estimate of drug-likeness (QED) is 0.389. The Hall–Kier alpha value is -4.03. The van der Waals surface area contributed by atoms with Gasteiger partial charge in [0.15, 0.2) is 5.65 Å². The summed E-state index contributed by atoms with van der Waals surface area (Å²) in [5.74, 6) is -0.167. The lowest BCUT2D eigenvalue weighted by atomic mass is 9.58. The van der Waals surface area contributed by atoms with Crippen molar-refractivity contribution in [3.8, 4) is 17.0 Å². The maximum Gasteiger partial charge on any atom is 0.387 e. The molecule has 0 radical (unpaired) electrons. The first-order chi connectivity index (χ1) is 19.1. The summed E-state index contributed by atoms with van der Waals surface area (Å²) in [5.41, 5.74) is 9.71. The second-order valence-electron chi connectivity index (χ2n) is 11.5. The Kier molecular flexibility index (Phi) is 5.30. The van der Waals surface area contributed by atoms with E-state index in [9.17, 15) is 18.7 Å². The van der Waals surface area contributed by atoms with Crippen LogP contribution in [-0.2, 0) is 5.54 Å². The second kappa shape index (κ2) is 8.48. The standard InChI is InChI=1S/C28H27F2N7O3/c1-27(13-38)11-28(31,12-27)25-32-9-14(10-33-25)17-6-7-37-23(34-17)21-16-8-18(22(21)35-37)36(2)24(39)15-4-3-5-19(20(15)16)40-26(29)30/h3-7,9-10,16,18,26,38H,8,11-13,31H2,1-2H3. The zero-order chi connectivity index (χ0) is 28.0. The number of carbonyl (C=O) groups excluding carboxylic acids is 1. The lowest BCUT2D eigenvalue weighted by Gasteiger charge is -2.50. The van der Waals surface area contributed by atoms with Crippen LogP contribution in [0, 0.1) is 5.41 Å². The molecule has 2 atom stereocenters. The SMILES string of the molecule is CN1C(=O)c2cccc(OC(F)F)c2C2CC1c1nn3ccc(-c4cnc(C5(N)CC(C)(CO)C5)nc4)nc3c12. The van der Waals surface area contributed by atoms with Crippen LogP contribution in [0.1, 0.15) is 71.1 Å². The minimum atomic E-state index is -3.03. The van der Waals surface area contributed by atoms with Crippen LogP contribution in [0.25, 0.3) is 16.9 Å². The van der Waals surface area contributed by atoms with Gasteiger partial charge in [-0.2, -0.15) is 13.9 Å². The number of rotatable bonds is 5. The molecule has 3 aromatic heterocycles. The van der Waals surface area contributed by atoms with E-state index in [4.69, 9.17) is 20.6 Å². The highest BCUT2D eigenvalue weighted by molar-refractivity contribution is 5.98. The molecule has 4 heterocycles. The van der Waals surface area contributed by atoms with E-state index in [-0.39, 0.29) is 29.7 Å². The normalized spacial score (nSPS) is 27.0. The van der Waals surface area contributed by atoms with E-state index in [1.165, 1.54) is 6.07 Å². The van der Waals surface area contributed by atoms with Crippen molar-refractivity contribution in [3.63, 3.8) is 0 Å². The molecule has 12 heteroatoms. The second-order valence-corrected chi connectivity index (χ2v) is 11.5. The van der Waals surface area contributed by atoms with E-state index >= 15 is 0 Å². The Morgan fingerprint density at radius 1 is 1.20 bits per heavy atom. The first-order valence-corrected chi connectivity index (χ1v) is 13.1. The molecule has 0 saturated heterocycles. The summed E-state index contributed by atoms with van der Waals surface area (Å²) in [6.07, 6.45) is 6.83. The number of alkyl halides is 2. The molecule has 2 unspecified atom stereocenters. The molecule has 1 saturated carbocycles. The van der Waals surface area contributed by atoms with Crippen LogP contribution in [-0.4, -0.2) is 60.7 Å². The molecule has 1 amide bonds. The number of aliphatic hydroxyl groups excluding tert-OH is 1. The Morgan fingerprint density at radius 2 is 1.95 bits per heavy atom. The third-order valence-corrected chi connectivity index (χ3v) is 8.58. The van der Waals surface area contributed by atoms with Crippen molar-refractivity contribution in [3.05, 3.63) is 71.1 Å². The molecule has 0 spiro atoms. The summed E-state index contributed by atoms with van der Waals surface area (Å²) < 4.78 is 33.2. The molecule has 10 nitrogen and oxygen atoms in total. The average Bonchev–Trinajstić information content (AvgIpc) is 3.45. The fourth-order valence-corrected chi connectivity index (χ4v) is 6.84. The van der Waals surface area contributed by atoms with Crippen LogP contribution in [0.4, 0.5) is 8.78 Å². The van der Waals surface area contributed by atoms with Crippen molar-refractivity contribution < 1.29 is 23.4 Å². The Bertz CT molecular complexity index is 1670. The number of hydrogen-bond acceptors (Lipinski definition) is 8. The molecule has 1 aromatic carbocycles. The molecule has 7 rings (SSSR count). The molecule has 40 heavy (non-hydrogen) atoms. The van der Waals surface area contributed by atoms with Crippen molar-refractivity contribution >= 4 is 11.6 Å². The molecule has 4 aromatic rings. The van der Waals surface area contributed by atoms with Crippen LogP contribution in [0.5, 0.6) is 5.75 Å². The number of halogens is 2. The van der Waals surface area contributed by atoms with E-state index in [1.807, 2.05) is 6.92 Å². The van der Waals surface area contributed by atoms with Gasteiger partial charge in [-0.3, -0.25) is 4.79 Å². The molecular formula is C28H27F2N7O3. The van der Waals surface area contributed by atoms with Crippen LogP contribution >= 0.6 is 0 Å². The minimum Gasteiger partial charge on any atom is -0.434 e. The predicted octanol–water partition coefficient (Wildman–Crippen LogP) is 3.40. The molecule has 1 fully saturated rings. The lowest BCUT2D eigenvalue weighted by Crippen LogP contribution is -2.56. The fourth-order valence-electron chi connectivity index (χ4n) is 6.84. The number of hydrogen-bond donors (Lipinski definition) is 2. The molecular weight excluding hydrogens is 520 g/mol. The Labute approximate surface area is 227 Å². The number of amides is 1. The van der Waals surface area contributed by atoms with Gasteiger partial charge in [-0.25, -0.2) is 19.5 Å². The van der Waals surface area contributed by atoms with Gasteiger partial charge in [0.05, 0.1) is 23.0 Å². The van der Waals surface area contributed by atoms with Crippen molar-refractivity contribution in [2.24, 2.45) is 11.1 Å². The summed E-state index contributed by atoms with van der Waals surface area (Å²) in [6.45, 7) is -0.975. The number of carbonyl (C=O) groups is 1. The summed E-state index contributed by atoms with van der Waals surface area (Å²) in [4.78, 5) is 28.9. The van der Waals surface area contributed by atoms with Gasteiger partial charge in [0.25, 0.3) is 5.91 Å². The van der Waals surface area contributed by atoms with Crippen molar-refractivity contribution in [1.82, 2.24) is 29.5 Å². The minimum absolute atomic E-state index is 0.0174. The third kappa shape index (κ3) is 3.55. The van der Waals surface area contributed by atoms with Crippen LogP contribution in [0.2, 0.25) is 0 Å². The van der Waals surface area contributed by atoms with Crippen LogP contribution in [0.15, 0.2) is 42.9 Å². The fraction of sp³-hybridized carbons (Fsp3) is 0.393. The first kappa shape index (κ1) is 25.0. The van der Waals surface area contributed by atoms with Crippen LogP contribution < -0.4 is 10.5 Å². The number of nitrogens with two attached hydrogens (primary N) is 1. The van der Waals surface area contributed by atoms with E-state index in [0.29, 0.717) is 58.8 Å². The summed E-state index contributed by atoms with van der Waals surface area (Å²) in [5, 5.41) is 14.3. The monoisotopic (exact) mass is 547 g/mol. The smallest absolute Gasteiger partial charge is 0.387 e. The van der Waals surface area contributed by atoms with Gasteiger partial charge in [-0.15, -0.1) is 0 Å². The van der Waals surface area contributed by atoms with Gasteiger partial charge in [0.2, 0.25) is 0 Å². The molecule has 3 N–H and O–H groups in total. The van der Waals surface area contributed by atoms with E-state index in [2.05, 4.69) is 9.97 Å². The van der Waals surface area contributed by atoms with Crippen molar-refractivity contribution in [2.75, 3.05) is 13.7 Å². The average molecular weight is 548 g/mol. The third-order valence-electron chi connectivity index (χ3n) is 8.58. The van der Waals surface area contributed by atoms with Gasteiger partial charge < -0.3 is 20.5 Å².